The molecular formula is C14H9Br2NO3. The lowest BCUT2D eigenvalue weighted by Crippen LogP contribution is -2.01. The minimum Gasteiger partial charge on any atom is -0.289 e. The zero-order chi connectivity index (χ0) is 14.7. The van der Waals surface area contributed by atoms with Gasteiger partial charge in [0.15, 0.2) is 5.78 Å². The molecule has 0 bridgehead atoms. The topological polar surface area (TPSA) is 60.2 Å². The van der Waals surface area contributed by atoms with Crippen LogP contribution in [0.3, 0.4) is 0 Å². The lowest BCUT2D eigenvalue weighted by molar-refractivity contribution is -0.384. The highest BCUT2D eigenvalue weighted by atomic mass is 79.9. The summed E-state index contributed by atoms with van der Waals surface area (Å²) >= 11 is 6.76. The number of carbonyl (C=O) groups excluding carboxylic acids is 1. The second-order valence-corrected chi connectivity index (χ2v) is 7.12. The highest BCUT2D eigenvalue weighted by molar-refractivity contribution is 9.24. The number of nitrogens with zero attached hydrogens (tertiary/aromatic N) is 1. The predicted octanol–water partition coefficient (Wildman–Crippen LogP) is 4.61. The van der Waals surface area contributed by atoms with E-state index in [9.17, 15) is 14.9 Å². The molecule has 0 aliphatic rings. The number of hydrogen-bond acceptors (Lipinski definition) is 3. The fourth-order valence-corrected chi connectivity index (χ4v) is 2.29. The molecule has 2 aromatic carbocycles. The van der Waals surface area contributed by atoms with Gasteiger partial charge in [0.05, 0.1) is 8.66 Å². The first-order chi connectivity index (χ1) is 9.49. The van der Waals surface area contributed by atoms with Gasteiger partial charge < -0.3 is 0 Å². The molecule has 0 spiro atoms. The van der Waals surface area contributed by atoms with Crippen LogP contribution < -0.4 is 0 Å². The molecule has 4 nitrogen and oxygen atoms in total. The highest BCUT2D eigenvalue weighted by Gasteiger charge is 2.12. The average molecular weight is 399 g/mol. The van der Waals surface area contributed by atoms with Crippen molar-refractivity contribution in [3.63, 3.8) is 0 Å². The number of carbonyl (C=O) groups is 1. The lowest BCUT2D eigenvalue weighted by Gasteiger charge is -2.04. The summed E-state index contributed by atoms with van der Waals surface area (Å²) in [6.45, 7) is 0. The number of ketones is 1. The van der Waals surface area contributed by atoms with Gasteiger partial charge in [0, 0.05) is 23.3 Å². The van der Waals surface area contributed by atoms with Crippen molar-refractivity contribution < 1.29 is 9.72 Å². The van der Waals surface area contributed by atoms with E-state index in [0.717, 1.165) is 5.56 Å². The summed E-state index contributed by atoms with van der Waals surface area (Å²) in [5.41, 5.74) is 1.95. The van der Waals surface area contributed by atoms with Crippen LogP contribution in [0.2, 0.25) is 0 Å². The molecule has 2 rings (SSSR count). The summed E-state index contributed by atoms with van der Waals surface area (Å²) in [6.07, 6.45) is 0. The molecule has 0 saturated carbocycles. The number of rotatable bonds is 4. The van der Waals surface area contributed by atoms with Crippen molar-refractivity contribution in [1.82, 2.24) is 0 Å². The summed E-state index contributed by atoms with van der Waals surface area (Å²) < 4.78 is 0.0403. The van der Waals surface area contributed by atoms with E-state index in [4.69, 9.17) is 0 Å². The van der Waals surface area contributed by atoms with Crippen LogP contribution in [-0.4, -0.2) is 10.7 Å². The second-order valence-electron chi connectivity index (χ2n) is 4.06. The van der Waals surface area contributed by atoms with Crippen molar-refractivity contribution in [2.75, 3.05) is 0 Å². The molecule has 0 fully saturated rings. The first kappa shape index (κ1) is 14.9. The van der Waals surface area contributed by atoms with E-state index in [0.29, 0.717) is 11.1 Å². The predicted molar refractivity (Wildman–Crippen MR) is 83.6 cm³/mol. The number of halogens is 2. The van der Waals surface area contributed by atoms with Crippen molar-refractivity contribution in [3.8, 4) is 0 Å². The number of nitro groups is 1. The van der Waals surface area contributed by atoms with Crippen LogP contribution in [-0.2, 0) is 0 Å². The average Bonchev–Trinajstić information content (AvgIpc) is 2.46. The molecule has 0 N–H and O–H groups in total. The maximum Gasteiger partial charge on any atom is 0.269 e. The van der Waals surface area contributed by atoms with Gasteiger partial charge in [0.2, 0.25) is 0 Å². The summed E-state index contributed by atoms with van der Waals surface area (Å²) in [7, 11) is 0. The zero-order valence-electron chi connectivity index (χ0n) is 10.1. The molecule has 0 radical (unpaired) electrons. The molecule has 0 atom stereocenters. The Bertz CT molecular complexity index is 636. The molecule has 0 unspecified atom stereocenters. The van der Waals surface area contributed by atoms with E-state index in [1.54, 1.807) is 12.1 Å². The molecule has 0 heterocycles. The molecular weight excluding hydrogens is 390 g/mol. The molecule has 0 aromatic heterocycles. The van der Waals surface area contributed by atoms with Crippen LogP contribution in [0.5, 0.6) is 0 Å². The van der Waals surface area contributed by atoms with E-state index in [-0.39, 0.29) is 15.2 Å². The van der Waals surface area contributed by atoms with Crippen molar-refractivity contribution >= 4 is 43.3 Å². The van der Waals surface area contributed by atoms with Gasteiger partial charge in [0.1, 0.15) is 0 Å². The Morgan fingerprint density at radius 1 is 0.950 bits per heavy atom. The summed E-state index contributed by atoms with van der Waals surface area (Å²) in [5, 5.41) is 10.6. The van der Waals surface area contributed by atoms with Gasteiger partial charge in [-0.05, 0) is 17.7 Å². The Hall–Kier alpha value is -1.53. The van der Waals surface area contributed by atoms with Gasteiger partial charge in [-0.3, -0.25) is 14.9 Å². The molecule has 0 aliphatic heterocycles. The largest absolute Gasteiger partial charge is 0.289 e. The van der Waals surface area contributed by atoms with E-state index in [1.807, 2.05) is 12.1 Å². The standard InChI is InChI=1S/C14H9Br2NO3/c15-14(16)11-3-1-9(2-4-11)13(18)10-5-7-12(8-6-10)17(19)20/h1-8,14H. The van der Waals surface area contributed by atoms with E-state index >= 15 is 0 Å². The van der Waals surface area contributed by atoms with E-state index in [1.165, 1.54) is 24.3 Å². The van der Waals surface area contributed by atoms with E-state index < -0.39 is 4.92 Å². The lowest BCUT2D eigenvalue weighted by atomic mass is 10.0. The van der Waals surface area contributed by atoms with Crippen molar-refractivity contribution in [1.29, 1.82) is 0 Å². The number of hydrogen-bond donors (Lipinski definition) is 0. The van der Waals surface area contributed by atoms with Crippen molar-refractivity contribution in [3.05, 3.63) is 75.3 Å². The van der Waals surface area contributed by atoms with Crippen LogP contribution in [0.4, 0.5) is 5.69 Å². The summed E-state index contributed by atoms with van der Waals surface area (Å²) in [6, 6.07) is 12.7. The smallest absolute Gasteiger partial charge is 0.269 e. The van der Waals surface area contributed by atoms with Crippen molar-refractivity contribution in [2.45, 2.75) is 3.74 Å². The first-order valence-corrected chi connectivity index (χ1v) is 7.49. The normalized spacial score (nSPS) is 10.6. The van der Waals surface area contributed by atoms with Crippen LogP contribution in [0.1, 0.15) is 25.2 Å². The third-order valence-corrected chi connectivity index (χ3v) is 3.82. The third kappa shape index (κ3) is 3.32. The van der Waals surface area contributed by atoms with Gasteiger partial charge >= 0.3 is 0 Å². The minimum absolute atomic E-state index is 0.0293. The SMILES string of the molecule is O=C(c1ccc(C(Br)Br)cc1)c1ccc([N+](=O)[O-])cc1. The number of benzene rings is 2. The van der Waals surface area contributed by atoms with Crippen LogP contribution in [0, 0.1) is 10.1 Å². The third-order valence-electron chi connectivity index (χ3n) is 2.77. The quantitative estimate of drug-likeness (QED) is 0.327. The molecule has 20 heavy (non-hydrogen) atoms. The molecule has 6 heteroatoms. The monoisotopic (exact) mass is 397 g/mol. The Labute approximate surface area is 132 Å². The van der Waals surface area contributed by atoms with Gasteiger partial charge in [-0.25, -0.2) is 0 Å². The maximum atomic E-state index is 12.2. The Morgan fingerprint density at radius 3 is 1.80 bits per heavy atom. The van der Waals surface area contributed by atoms with Crippen LogP contribution in [0.25, 0.3) is 0 Å². The maximum absolute atomic E-state index is 12.2. The molecule has 2 aromatic rings. The number of alkyl halides is 2. The van der Waals surface area contributed by atoms with Gasteiger partial charge in [-0.1, -0.05) is 56.1 Å². The fraction of sp³-hybridized carbons (Fsp3) is 0.0714. The van der Waals surface area contributed by atoms with Gasteiger partial charge in [-0.15, -0.1) is 0 Å². The molecule has 0 aliphatic carbocycles. The molecule has 0 saturated heterocycles. The number of nitro benzene ring substituents is 1. The Morgan fingerprint density at radius 2 is 1.40 bits per heavy atom. The van der Waals surface area contributed by atoms with Gasteiger partial charge in [0.25, 0.3) is 5.69 Å². The Balaban J connectivity index is 2.24. The number of non-ortho nitro benzene ring substituents is 1. The van der Waals surface area contributed by atoms with Crippen LogP contribution in [0.15, 0.2) is 48.5 Å². The van der Waals surface area contributed by atoms with E-state index in [2.05, 4.69) is 31.9 Å². The highest BCUT2D eigenvalue weighted by Crippen LogP contribution is 2.29. The fourth-order valence-electron chi connectivity index (χ4n) is 1.68. The second kappa shape index (κ2) is 6.28. The summed E-state index contributed by atoms with van der Waals surface area (Å²) in [4.78, 5) is 22.3. The zero-order valence-corrected chi connectivity index (χ0v) is 13.3. The van der Waals surface area contributed by atoms with Gasteiger partial charge in [-0.2, -0.15) is 0 Å². The Kier molecular flexibility index (Phi) is 4.67. The molecule has 0 amide bonds. The first-order valence-electron chi connectivity index (χ1n) is 5.66. The molecule has 102 valence electrons. The summed E-state index contributed by atoms with van der Waals surface area (Å²) in [5.74, 6) is -0.160. The minimum atomic E-state index is -0.491. The van der Waals surface area contributed by atoms with Crippen molar-refractivity contribution in [2.24, 2.45) is 0 Å². The van der Waals surface area contributed by atoms with Crippen LogP contribution >= 0.6 is 31.9 Å².